The molecule has 35 heavy (non-hydrogen) atoms. The summed E-state index contributed by atoms with van der Waals surface area (Å²) in [5, 5.41) is 3.33. The topological polar surface area (TPSA) is 70.7 Å². The Labute approximate surface area is 209 Å². The Morgan fingerprint density at radius 1 is 1.11 bits per heavy atom. The van der Waals surface area contributed by atoms with Gasteiger partial charge in [0.25, 0.3) is 5.91 Å². The van der Waals surface area contributed by atoms with E-state index in [9.17, 15) is 9.59 Å². The first kappa shape index (κ1) is 24.4. The van der Waals surface area contributed by atoms with Gasteiger partial charge in [0.1, 0.15) is 17.0 Å². The summed E-state index contributed by atoms with van der Waals surface area (Å²) in [7, 11) is 2.21. The first-order chi connectivity index (χ1) is 16.9. The van der Waals surface area contributed by atoms with Crippen LogP contribution in [-0.4, -0.2) is 63.9 Å². The highest BCUT2D eigenvalue weighted by molar-refractivity contribution is 6.03. The molecule has 2 saturated carbocycles. The van der Waals surface area contributed by atoms with Crippen molar-refractivity contribution < 1.29 is 14.0 Å². The van der Waals surface area contributed by atoms with Gasteiger partial charge < -0.3 is 24.1 Å². The number of aryl methyl sites for hydroxylation is 1. The number of furan rings is 1. The van der Waals surface area contributed by atoms with Crippen LogP contribution in [0.1, 0.15) is 93.8 Å². The number of hydrogen-bond donors (Lipinski definition) is 1. The van der Waals surface area contributed by atoms with Crippen LogP contribution in [0.2, 0.25) is 0 Å². The number of amides is 2. The lowest BCUT2D eigenvalue weighted by molar-refractivity contribution is -0.133. The molecule has 3 aliphatic rings. The first-order valence-corrected chi connectivity index (χ1v) is 13.8. The third kappa shape index (κ3) is 4.76. The summed E-state index contributed by atoms with van der Waals surface area (Å²) in [5.74, 6) is 0.729. The largest absolute Gasteiger partial charge is 0.460 e. The predicted molar refractivity (Wildman–Crippen MR) is 138 cm³/mol. The van der Waals surface area contributed by atoms with Gasteiger partial charge in [-0.3, -0.25) is 9.59 Å². The molecule has 0 saturated heterocycles. The molecule has 1 atom stereocenters. The van der Waals surface area contributed by atoms with Crippen molar-refractivity contribution in [2.24, 2.45) is 0 Å². The zero-order valence-electron chi connectivity index (χ0n) is 21.8. The van der Waals surface area contributed by atoms with Gasteiger partial charge in [-0.25, -0.2) is 0 Å². The van der Waals surface area contributed by atoms with Crippen molar-refractivity contribution in [3.05, 3.63) is 23.6 Å². The average Bonchev–Trinajstić information content (AvgIpc) is 3.38. The van der Waals surface area contributed by atoms with E-state index < -0.39 is 5.54 Å². The number of aromatic nitrogens is 1. The molecule has 2 aromatic heterocycles. The molecule has 2 aromatic rings. The maximum Gasteiger partial charge on any atom is 0.271 e. The van der Waals surface area contributed by atoms with E-state index in [4.69, 9.17) is 4.42 Å². The van der Waals surface area contributed by atoms with Gasteiger partial charge in [0, 0.05) is 30.8 Å². The Bertz CT molecular complexity index is 1060. The number of carbonyl (C=O) groups is 2. The normalized spacial score (nSPS) is 24.3. The van der Waals surface area contributed by atoms with Crippen LogP contribution in [0.15, 0.2) is 16.5 Å². The van der Waals surface area contributed by atoms with Gasteiger partial charge in [0.15, 0.2) is 5.58 Å². The SMILES string of the molecule is Cc1cc2c(cc3n2CC(C)(C(=O)NC2CCCCC2)N(CCCN(C)C2CCCCC2)C3=O)o1. The van der Waals surface area contributed by atoms with Gasteiger partial charge in [-0.05, 0) is 59.5 Å². The Kier molecular flexibility index (Phi) is 6.97. The average molecular weight is 483 g/mol. The third-order valence-corrected chi connectivity index (χ3v) is 8.76. The molecule has 0 aromatic carbocycles. The summed E-state index contributed by atoms with van der Waals surface area (Å²) >= 11 is 0. The van der Waals surface area contributed by atoms with Gasteiger partial charge in [-0.1, -0.05) is 38.5 Å². The van der Waals surface area contributed by atoms with Gasteiger partial charge in [-0.2, -0.15) is 0 Å². The predicted octanol–water partition coefficient (Wildman–Crippen LogP) is 4.86. The monoisotopic (exact) mass is 482 g/mol. The quantitative estimate of drug-likeness (QED) is 0.612. The summed E-state index contributed by atoms with van der Waals surface area (Å²) in [6, 6.07) is 4.68. The lowest BCUT2D eigenvalue weighted by Gasteiger charge is -2.45. The second kappa shape index (κ2) is 10.00. The van der Waals surface area contributed by atoms with Crippen molar-refractivity contribution in [2.45, 2.75) is 109 Å². The number of carbonyl (C=O) groups excluding carboxylic acids is 2. The highest BCUT2D eigenvalue weighted by Gasteiger charge is 2.48. The molecule has 7 nitrogen and oxygen atoms in total. The van der Waals surface area contributed by atoms with E-state index in [-0.39, 0.29) is 17.9 Å². The molecule has 0 bridgehead atoms. The van der Waals surface area contributed by atoms with Crippen molar-refractivity contribution in [3.63, 3.8) is 0 Å². The van der Waals surface area contributed by atoms with E-state index in [2.05, 4.69) is 17.3 Å². The molecule has 2 aliphatic carbocycles. The molecule has 2 fully saturated rings. The van der Waals surface area contributed by atoms with Crippen LogP contribution in [0.25, 0.3) is 11.1 Å². The lowest BCUT2D eigenvalue weighted by atomic mass is 9.91. The van der Waals surface area contributed by atoms with Gasteiger partial charge in [0.2, 0.25) is 5.91 Å². The highest BCUT2D eigenvalue weighted by Crippen LogP contribution is 2.34. The second-order valence-corrected chi connectivity index (χ2v) is 11.4. The molecule has 5 rings (SSSR count). The fourth-order valence-corrected chi connectivity index (χ4v) is 6.58. The summed E-state index contributed by atoms with van der Waals surface area (Å²) in [4.78, 5) is 32.0. The third-order valence-electron chi connectivity index (χ3n) is 8.76. The Balaban J connectivity index is 1.37. The molecule has 3 heterocycles. The van der Waals surface area contributed by atoms with Crippen molar-refractivity contribution in [1.82, 2.24) is 19.7 Å². The van der Waals surface area contributed by atoms with Gasteiger partial charge in [0.05, 0.1) is 12.1 Å². The van der Waals surface area contributed by atoms with Crippen LogP contribution >= 0.6 is 0 Å². The minimum Gasteiger partial charge on any atom is -0.460 e. The minimum atomic E-state index is -0.929. The number of nitrogens with zero attached hydrogens (tertiary/aromatic N) is 3. The zero-order valence-corrected chi connectivity index (χ0v) is 21.8. The molecule has 0 radical (unpaired) electrons. The van der Waals surface area contributed by atoms with E-state index in [1.54, 1.807) is 0 Å². The summed E-state index contributed by atoms with van der Waals surface area (Å²) < 4.78 is 7.83. The first-order valence-electron chi connectivity index (χ1n) is 13.8. The Morgan fingerprint density at radius 2 is 1.80 bits per heavy atom. The molecule has 2 amide bonds. The lowest BCUT2D eigenvalue weighted by Crippen LogP contribution is -2.65. The van der Waals surface area contributed by atoms with E-state index in [0.29, 0.717) is 24.8 Å². The van der Waals surface area contributed by atoms with Crippen molar-refractivity contribution >= 4 is 22.9 Å². The molecular weight excluding hydrogens is 440 g/mol. The van der Waals surface area contributed by atoms with Crippen LogP contribution < -0.4 is 5.32 Å². The Morgan fingerprint density at radius 3 is 2.51 bits per heavy atom. The summed E-state index contributed by atoms with van der Waals surface area (Å²) in [6.45, 7) is 5.85. The maximum absolute atomic E-state index is 13.8. The standard InChI is InChI=1S/C28H42N4O3/c1-20-17-23-25(35-20)18-24-26(33)32(16-10-15-30(3)22-13-8-5-9-14-22)28(2,19-31(23)24)27(34)29-21-11-6-4-7-12-21/h17-18,21-22H,4-16,19H2,1-3H3,(H,29,34). The summed E-state index contributed by atoms with van der Waals surface area (Å²) in [5.41, 5.74) is 1.32. The minimum absolute atomic E-state index is 0.0221. The van der Waals surface area contributed by atoms with Gasteiger partial charge >= 0.3 is 0 Å². The highest BCUT2D eigenvalue weighted by atomic mass is 16.3. The van der Waals surface area contributed by atoms with E-state index >= 15 is 0 Å². The van der Waals surface area contributed by atoms with E-state index in [1.165, 1.54) is 38.5 Å². The van der Waals surface area contributed by atoms with E-state index in [0.717, 1.165) is 55.5 Å². The van der Waals surface area contributed by atoms with Crippen LogP contribution in [0, 0.1) is 6.92 Å². The number of hydrogen-bond acceptors (Lipinski definition) is 4. The number of nitrogens with one attached hydrogen (secondary N) is 1. The molecule has 1 N–H and O–H groups in total. The Hall–Kier alpha value is -2.28. The van der Waals surface area contributed by atoms with Crippen LogP contribution in [0.3, 0.4) is 0 Å². The zero-order chi connectivity index (χ0) is 24.6. The number of fused-ring (bicyclic) bond motifs is 3. The fraction of sp³-hybridized carbons (Fsp3) is 0.714. The molecule has 192 valence electrons. The second-order valence-electron chi connectivity index (χ2n) is 11.4. The van der Waals surface area contributed by atoms with Crippen molar-refractivity contribution in [3.8, 4) is 0 Å². The summed E-state index contributed by atoms with van der Waals surface area (Å²) in [6.07, 6.45) is 13.0. The molecule has 0 spiro atoms. The number of rotatable bonds is 7. The maximum atomic E-state index is 13.8. The van der Waals surface area contributed by atoms with Crippen molar-refractivity contribution in [1.29, 1.82) is 0 Å². The molecular formula is C28H42N4O3. The van der Waals surface area contributed by atoms with E-state index in [1.807, 2.05) is 35.4 Å². The van der Waals surface area contributed by atoms with Gasteiger partial charge in [-0.15, -0.1) is 0 Å². The van der Waals surface area contributed by atoms with Crippen LogP contribution in [0.4, 0.5) is 0 Å². The van der Waals surface area contributed by atoms with Crippen molar-refractivity contribution in [2.75, 3.05) is 20.1 Å². The fourth-order valence-electron chi connectivity index (χ4n) is 6.58. The molecule has 7 heteroatoms. The van der Waals surface area contributed by atoms with Crippen LogP contribution in [0.5, 0.6) is 0 Å². The molecule has 1 unspecified atom stereocenters. The van der Waals surface area contributed by atoms with Crippen LogP contribution in [-0.2, 0) is 11.3 Å². The molecule has 1 aliphatic heterocycles. The smallest absolute Gasteiger partial charge is 0.271 e.